The minimum atomic E-state index is -0.900. The molecule has 0 spiro atoms. The molecule has 1 heterocycles. The first-order chi connectivity index (χ1) is 8.83. The molecule has 1 aromatic rings. The van der Waals surface area contributed by atoms with E-state index in [1.165, 1.54) is 14.2 Å². The highest BCUT2D eigenvalue weighted by Crippen LogP contribution is 2.24. The summed E-state index contributed by atoms with van der Waals surface area (Å²) >= 11 is 0. The van der Waals surface area contributed by atoms with Crippen molar-refractivity contribution >= 4 is 5.78 Å². The average molecular weight is 269 g/mol. The van der Waals surface area contributed by atoms with Crippen LogP contribution in [0.1, 0.15) is 24.3 Å². The Morgan fingerprint density at radius 3 is 2.53 bits per heavy atom. The fourth-order valence-electron chi connectivity index (χ4n) is 1.59. The second kappa shape index (κ2) is 6.16. The molecular weight excluding hydrogens is 246 g/mol. The molecule has 1 rings (SSSR count). The van der Waals surface area contributed by atoms with Gasteiger partial charge in [-0.2, -0.15) is 5.10 Å². The van der Waals surface area contributed by atoms with E-state index < -0.39 is 5.60 Å². The summed E-state index contributed by atoms with van der Waals surface area (Å²) in [6.07, 6.45) is 1.56. The van der Waals surface area contributed by atoms with Gasteiger partial charge in [0.2, 0.25) is 5.78 Å². The maximum absolute atomic E-state index is 12.5. The number of nitrogens with zero attached hydrogens (tertiary/aromatic N) is 3. The third kappa shape index (κ3) is 3.54. The van der Waals surface area contributed by atoms with Gasteiger partial charge in [-0.3, -0.25) is 9.48 Å². The fraction of sp³-hybridized carbons (Fsp3) is 0.692. The van der Waals surface area contributed by atoms with Crippen LogP contribution in [0.4, 0.5) is 0 Å². The van der Waals surface area contributed by atoms with Gasteiger partial charge in [0.25, 0.3) is 0 Å². The van der Waals surface area contributed by atoms with Gasteiger partial charge in [-0.15, -0.1) is 0 Å². The van der Waals surface area contributed by atoms with Crippen molar-refractivity contribution in [3.63, 3.8) is 0 Å². The third-order valence-corrected chi connectivity index (χ3v) is 3.06. The fourth-order valence-corrected chi connectivity index (χ4v) is 1.59. The summed E-state index contributed by atoms with van der Waals surface area (Å²) in [6, 6.07) is 0. The van der Waals surface area contributed by atoms with Gasteiger partial charge in [-0.25, -0.2) is 0 Å². The lowest BCUT2D eigenvalue weighted by atomic mass is 10.0. The van der Waals surface area contributed by atoms with E-state index in [1.54, 1.807) is 24.7 Å². The predicted molar refractivity (Wildman–Crippen MR) is 72.8 cm³/mol. The van der Waals surface area contributed by atoms with Crippen molar-refractivity contribution in [3.8, 4) is 5.75 Å². The molecule has 0 amide bonds. The van der Waals surface area contributed by atoms with Gasteiger partial charge in [0.1, 0.15) is 11.3 Å². The van der Waals surface area contributed by atoms with Crippen molar-refractivity contribution in [1.29, 1.82) is 0 Å². The first-order valence-corrected chi connectivity index (χ1v) is 6.18. The monoisotopic (exact) mass is 269 g/mol. The summed E-state index contributed by atoms with van der Waals surface area (Å²) in [4.78, 5) is 14.6. The Labute approximate surface area is 114 Å². The van der Waals surface area contributed by atoms with Crippen LogP contribution >= 0.6 is 0 Å². The number of likely N-dealkylation sites (N-methyl/N-ethyl adjacent to an activating group) is 1. The molecule has 0 aliphatic rings. The number of carbonyl (C=O) groups excluding carboxylic acids is 1. The van der Waals surface area contributed by atoms with Gasteiger partial charge in [-0.1, -0.05) is 0 Å². The number of Topliss-reactive ketones (excluding diaryl/α,β-unsaturated/α-hetero) is 1. The van der Waals surface area contributed by atoms with E-state index in [1.807, 2.05) is 19.0 Å². The van der Waals surface area contributed by atoms with Crippen molar-refractivity contribution in [2.75, 3.05) is 34.9 Å². The summed E-state index contributed by atoms with van der Waals surface area (Å²) in [6.45, 7) is 4.88. The molecule has 6 heteroatoms. The van der Waals surface area contributed by atoms with E-state index in [4.69, 9.17) is 9.47 Å². The molecule has 108 valence electrons. The summed E-state index contributed by atoms with van der Waals surface area (Å²) in [5, 5.41) is 4.22. The molecule has 0 aromatic carbocycles. The molecule has 0 N–H and O–H groups in total. The van der Waals surface area contributed by atoms with E-state index in [9.17, 15) is 4.79 Å². The van der Waals surface area contributed by atoms with Crippen LogP contribution in [0.5, 0.6) is 5.75 Å². The molecule has 1 aromatic heterocycles. The smallest absolute Gasteiger partial charge is 0.215 e. The van der Waals surface area contributed by atoms with E-state index in [2.05, 4.69) is 5.10 Å². The minimum absolute atomic E-state index is 0.136. The minimum Gasteiger partial charge on any atom is -0.493 e. The Morgan fingerprint density at radius 2 is 2.05 bits per heavy atom. The first-order valence-electron chi connectivity index (χ1n) is 6.18. The molecule has 0 aliphatic heterocycles. The Balaban J connectivity index is 3.09. The van der Waals surface area contributed by atoms with Crippen LogP contribution < -0.4 is 4.74 Å². The number of ketones is 1. The highest BCUT2D eigenvalue weighted by atomic mass is 16.5. The molecule has 0 atom stereocenters. The molecule has 0 radical (unpaired) electrons. The summed E-state index contributed by atoms with van der Waals surface area (Å²) in [5.41, 5.74) is -0.445. The van der Waals surface area contributed by atoms with E-state index in [-0.39, 0.29) is 5.78 Å². The zero-order valence-electron chi connectivity index (χ0n) is 12.6. The Morgan fingerprint density at radius 1 is 1.42 bits per heavy atom. The number of ether oxygens (including phenoxy) is 2. The summed E-state index contributed by atoms with van der Waals surface area (Å²) < 4.78 is 12.1. The second-order valence-electron chi connectivity index (χ2n) is 5.13. The van der Waals surface area contributed by atoms with Gasteiger partial charge in [0.15, 0.2) is 5.75 Å². The zero-order valence-corrected chi connectivity index (χ0v) is 12.6. The van der Waals surface area contributed by atoms with Crippen LogP contribution in [0.3, 0.4) is 0 Å². The van der Waals surface area contributed by atoms with Gasteiger partial charge in [0.05, 0.1) is 19.9 Å². The van der Waals surface area contributed by atoms with Gasteiger partial charge >= 0.3 is 0 Å². The van der Waals surface area contributed by atoms with Crippen molar-refractivity contribution in [1.82, 2.24) is 14.7 Å². The lowest BCUT2D eigenvalue weighted by Gasteiger charge is -2.22. The zero-order chi connectivity index (χ0) is 14.6. The lowest BCUT2D eigenvalue weighted by Crippen LogP contribution is -2.36. The maximum Gasteiger partial charge on any atom is 0.215 e. The van der Waals surface area contributed by atoms with Crippen LogP contribution in [0.15, 0.2) is 6.20 Å². The van der Waals surface area contributed by atoms with Crippen molar-refractivity contribution in [2.45, 2.75) is 26.0 Å². The summed E-state index contributed by atoms with van der Waals surface area (Å²) in [7, 11) is 7.00. The molecule has 6 nitrogen and oxygen atoms in total. The standard InChI is InChI=1S/C13H23N3O3/c1-13(2,19-6)12(17)11-10(18-5)9-14-16(11)8-7-15(3)4/h9H,7-8H2,1-6H3. The van der Waals surface area contributed by atoms with Gasteiger partial charge in [0, 0.05) is 13.7 Å². The Hall–Kier alpha value is -1.40. The normalized spacial score (nSPS) is 11.9. The van der Waals surface area contributed by atoms with Crippen LogP contribution in [0.25, 0.3) is 0 Å². The van der Waals surface area contributed by atoms with Crippen molar-refractivity contribution in [3.05, 3.63) is 11.9 Å². The van der Waals surface area contributed by atoms with E-state index >= 15 is 0 Å². The number of aromatic nitrogens is 2. The van der Waals surface area contributed by atoms with Crippen LogP contribution in [0.2, 0.25) is 0 Å². The summed E-state index contributed by atoms with van der Waals surface area (Å²) in [5.74, 6) is 0.344. The Kier molecular flexibility index (Phi) is 5.08. The molecular formula is C13H23N3O3. The molecule has 0 aliphatic carbocycles. The van der Waals surface area contributed by atoms with Crippen molar-refractivity contribution in [2.24, 2.45) is 0 Å². The number of methoxy groups -OCH3 is 2. The highest BCUT2D eigenvalue weighted by molar-refractivity contribution is 6.02. The molecule has 0 saturated carbocycles. The average Bonchev–Trinajstić information content (AvgIpc) is 2.77. The van der Waals surface area contributed by atoms with Gasteiger partial charge in [-0.05, 0) is 27.9 Å². The third-order valence-electron chi connectivity index (χ3n) is 3.06. The second-order valence-corrected chi connectivity index (χ2v) is 5.13. The number of carbonyl (C=O) groups is 1. The van der Waals surface area contributed by atoms with Crippen LogP contribution in [-0.4, -0.2) is 60.9 Å². The maximum atomic E-state index is 12.5. The number of hydrogen-bond donors (Lipinski definition) is 0. The molecule has 19 heavy (non-hydrogen) atoms. The highest BCUT2D eigenvalue weighted by Gasteiger charge is 2.33. The SMILES string of the molecule is COc1cnn(CCN(C)C)c1C(=O)C(C)(C)OC. The van der Waals surface area contributed by atoms with Crippen LogP contribution in [-0.2, 0) is 11.3 Å². The van der Waals surface area contributed by atoms with Crippen LogP contribution in [0, 0.1) is 0 Å². The molecule has 0 saturated heterocycles. The molecule has 0 fully saturated rings. The number of hydrogen-bond acceptors (Lipinski definition) is 5. The topological polar surface area (TPSA) is 56.6 Å². The Bertz CT molecular complexity index is 438. The van der Waals surface area contributed by atoms with Crippen molar-refractivity contribution < 1.29 is 14.3 Å². The molecule has 0 bridgehead atoms. The predicted octanol–water partition coefficient (Wildman–Crippen LogP) is 1.06. The number of rotatable bonds is 7. The van der Waals surface area contributed by atoms with Gasteiger partial charge < -0.3 is 14.4 Å². The quantitative estimate of drug-likeness (QED) is 0.693. The lowest BCUT2D eigenvalue weighted by molar-refractivity contribution is 0.0215. The van der Waals surface area contributed by atoms with E-state index in [0.29, 0.717) is 18.0 Å². The first kappa shape index (κ1) is 15.7. The largest absolute Gasteiger partial charge is 0.493 e. The molecule has 0 unspecified atom stereocenters. The van der Waals surface area contributed by atoms with E-state index in [0.717, 1.165) is 6.54 Å².